The van der Waals surface area contributed by atoms with Crippen LogP contribution in [-0.2, 0) is 0 Å². The number of nitrogens with zero attached hydrogens (tertiary/aromatic N) is 3. The Morgan fingerprint density at radius 1 is 1.00 bits per heavy atom. The highest BCUT2D eigenvalue weighted by Gasteiger charge is 2.17. The van der Waals surface area contributed by atoms with Gasteiger partial charge >= 0.3 is 0 Å². The lowest BCUT2D eigenvalue weighted by Gasteiger charge is -2.10. The average molecular weight is 308 g/mol. The number of hydrogen-bond donors (Lipinski definition) is 1. The molecule has 0 fully saturated rings. The van der Waals surface area contributed by atoms with Crippen LogP contribution in [0, 0.1) is 23.0 Å². The fourth-order valence-corrected chi connectivity index (χ4v) is 2.24. The molecule has 4 nitrogen and oxygen atoms in total. The molecule has 6 heteroatoms. The Hall–Kier alpha value is -3.33. The number of hydrogen-bond acceptors (Lipinski definition) is 4. The van der Waals surface area contributed by atoms with E-state index in [1.54, 1.807) is 24.4 Å². The van der Waals surface area contributed by atoms with Crippen LogP contribution in [0.4, 0.5) is 14.6 Å². The molecule has 2 aromatic heterocycles. The van der Waals surface area contributed by atoms with Gasteiger partial charge in [-0.15, -0.1) is 0 Å². The van der Waals surface area contributed by atoms with Crippen LogP contribution in [0.25, 0.3) is 22.5 Å². The van der Waals surface area contributed by atoms with Crippen LogP contribution < -0.4 is 5.73 Å². The molecule has 0 radical (unpaired) electrons. The Morgan fingerprint density at radius 3 is 2.52 bits per heavy atom. The summed E-state index contributed by atoms with van der Waals surface area (Å²) in [5.74, 6) is -1.32. The van der Waals surface area contributed by atoms with Crippen molar-refractivity contribution in [3.05, 3.63) is 65.9 Å². The van der Waals surface area contributed by atoms with Gasteiger partial charge < -0.3 is 5.73 Å². The second kappa shape index (κ2) is 5.81. The highest BCUT2D eigenvalue weighted by molar-refractivity contribution is 5.79. The third-order valence-corrected chi connectivity index (χ3v) is 3.31. The topological polar surface area (TPSA) is 75.6 Å². The standard InChI is InChI=1S/C17H10F2N4/c18-10-4-5-14(19)12(7-10)11-8-16(15-3-1-2-6-22-15)23-17(21)13(11)9-20/h1-8H,(H2,21,23). The monoisotopic (exact) mass is 308 g/mol. The number of nitrogen functional groups attached to an aromatic ring is 1. The molecule has 0 spiro atoms. The molecule has 0 aliphatic heterocycles. The number of halogens is 2. The molecule has 0 unspecified atom stereocenters. The van der Waals surface area contributed by atoms with E-state index in [1.165, 1.54) is 6.07 Å². The van der Waals surface area contributed by atoms with Gasteiger partial charge in [0, 0.05) is 17.3 Å². The molecule has 0 atom stereocenters. The Kier molecular flexibility index (Phi) is 3.69. The Labute approximate surface area is 130 Å². The summed E-state index contributed by atoms with van der Waals surface area (Å²) in [7, 11) is 0. The third-order valence-electron chi connectivity index (χ3n) is 3.31. The molecule has 0 saturated heterocycles. The van der Waals surface area contributed by atoms with Gasteiger partial charge in [0.05, 0.1) is 11.4 Å². The highest BCUT2D eigenvalue weighted by Crippen LogP contribution is 2.32. The first kappa shape index (κ1) is 14.6. The van der Waals surface area contributed by atoms with Crippen LogP contribution in [0.3, 0.4) is 0 Å². The fraction of sp³-hybridized carbons (Fsp3) is 0. The minimum atomic E-state index is -0.652. The first-order valence-electron chi connectivity index (χ1n) is 6.67. The maximum absolute atomic E-state index is 14.1. The Bertz CT molecular complexity index is 918. The van der Waals surface area contributed by atoms with Crippen LogP contribution >= 0.6 is 0 Å². The van der Waals surface area contributed by atoms with E-state index in [9.17, 15) is 14.0 Å². The molecule has 2 heterocycles. The van der Waals surface area contributed by atoms with Crippen LogP contribution in [0.15, 0.2) is 48.7 Å². The summed E-state index contributed by atoms with van der Waals surface area (Å²) >= 11 is 0. The van der Waals surface area contributed by atoms with Gasteiger partial charge in [-0.05, 0) is 36.4 Å². The van der Waals surface area contributed by atoms with E-state index in [0.29, 0.717) is 11.4 Å². The zero-order chi connectivity index (χ0) is 16.4. The fourth-order valence-electron chi connectivity index (χ4n) is 2.24. The van der Waals surface area contributed by atoms with Crippen molar-refractivity contribution in [3.8, 4) is 28.6 Å². The molecule has 0 saturated carbocycles. The van der Waals surface area contributed by atoms with Crippen molar-refractivity contribution in [1.29, 1.82) is 5.26 Å². The predicted octanol–water partition coefficient (Wildman–Crippen LogP) is 3.54. The van der Waals surface area contributed by atoms with Gasteiger partial charge in [-0.1, -0.05) is 6.07 Å². The summed E-state index contributed by atoms with van der Waals surface area (Å²) in [5.41, 5.74) is 6.83. The molecule has 0 bridgehead atoms. The number of rotatable bonds is 2. The summed E-state index contributed by atoms with van der Waals surface area (Å²) in [6.07, 6.45) is 1.58. The van der Waals surface area contributed by atoms with E-state index in [4.69, 9.17) is 5.73 Å². The minimum Gasteiger partial charge on any atom is -0.383 e. The molecule has 0 aliphatic carbocycles. The molecule has 1 aromatic carbocycles. The predicted molar refractivity (Wildman–Crippen MR) is 81.9 cm³/mol. The zero-order valence-corrected chi connectivity index (χ0v) is 11.8. The summed E-state index contributed by atoms with van der Waals surface area (Å²) in [4.78, 5) is 8.28. The second-order valence-electron chi connectivity index (χ2n) is 4.77. The number of benzene rings is 1. The molecule has 3 aromatic rings. The van der Waals surface area contributed by atoms with Crippen molar-refractivity contribution in [1.82, 2.24) is 9.97 Å². The molecule has 0 aliphatic rings. The van der Waals surface area contributed by atoms with E-state index in [-0.39, 0.29) is 22.5 Å². The van der Waals surface area contributed by atoms with Crippen LogP contribution in [0.1, 0.15) is 5.56 Å². The molecule has 2 N–H and O–H groups in total. The first-order chi connectivity index (χ1) is 11.1. The normalized spacial score (nSPS) is 10.3. The van der Waals surface area contributed by atoms with Gasteiger partial charge in [0.25, 0.3) is 0 Å². The Balaban J connectivity index is 2.29. The summed E-state index contributed by atoms with van der Waals surface area (Å²) in [6, 6.07) is 11.6. The van der Waals surface area contributed by atoms with Crippen molar-refractivity contribution in [2.45, 2.75) is 0 Å². The number of nitriles is 1. The first-order valence-corrected chi connectivity index (χ1v) is 6.67. The SMILES string of the molecule is N#Cc1c(-c2cc(F)ccc2F)cc(-c2ccccn2)nc1N. The number of aromatic nitrogens is 2. The average Bonchev–Trinajstić information content (AvgIpc) is 2.57. The van der Waals surface area contributed by atoms with Gasteiger partial charge in [-0.3, -0.25) is 4.98 Å². The molecular formula is C17H10F2N4. The van der Waals surface area contributed by atoms with Crippen molar-refractivity contribution < 1.29 is 8.78 Å². The smallest absolute Gasteiger partial charge is 0.142 e. The van der Waals surface area contributed by atoms with Crippen molar-refractivity contribution in [3.63, 3.8) is 0 Å². The van der Waals surface area contributed by atoms with Crippen LogP contribution in [-0.4, -0.2) is 9.97 Å². The van der Waals surface area contributed by atoms with Gasteiger partial charge in [-0.2, -0.15) is 5.26 Å². The number of pyridine rings is 2. The van der Waals surface area contributed by atoms with Crippen molar-refractivity contribution in [2.24, 2.45) is 0 Å². The maximum atomic E-state index is 14.1. The lowest BCUT2D eigenvalue weighted by atomic mass is 9.99. The van der Waals surface area contributed by atoms with E-state index in [1.807, 2.05) is 6.07 Å². The van der Waals surface area contributed by atoms with Crippen molar-refractivity contribution in [2.75, 3.05) is 5.73 Å². The van der Waals surface area contributed by atoms with Crippen molar-refractivity contribution >= 4 is 5.82 Å². The van der Waals surface area contributed by atoms with Crippen LogP contribution in [0.5, 0.6) is 0 Å². The summed E-state index contributed by atoms with van der Waals surface area (Å²) < 4.78 is 27.6. The number of nitrogens with two attached hydrogens (primary N) is 1. The molecule has 112 valence electrons. The van der Waals surface area contributed by atoms with Gasteiger partial charge in [0.15, 0.2) is 0 Å². The third kappa shape index (κ3) is 2.72. The minimum absolute atomic E-state index is 0.00539. The summed E-state index contributed by atoms with van der Waals surface area (Å²) in [6.45, 7) is 0. The van der Waals surface area contributed by atoms with Gasteiger partial charge in [-0.25, -0.2) is 13.8 Å². The van der Waals surface area contributed by atoms with E-state index in [0.717, 1.165) is 18.2 Å². The van der Waals surface area contributed by atoms with E-state index in [2.05, 4.69) is 9.97 Å². The summed E-state index contributed by atoms with van der Waals surface area (Å²) in [5, 5.41) is 9.28. The molecule has 3 rings (SSSR count). The van der Waals surface area contributed by atoms with Gasteiger partial charge in [0.2, 0.25) is 0 Å². The zero-order valence-electron chi connectivity index (χ0n) is 11.8. The molecule has 23 heavy (non-hydrogen) atoms. The Morgan fingerprint density at radius 2 is 1.83 bits per heavy atom. The highest BCUT2D eigenvalue weighted by atomic mass is 19.1. The van der Waals surface area contributed by atoms with Gasteiger partial charge in [0.1, 0.15) is 29.1 Å². The van der Waals surface area contributed by atoms with E-state index < -0.39 is 11.6 Å². The molecular weight excluding hydrogens is 298 g/mol. The largest absolute Gasteiger partial charge is 0.383 e. The second-order valence-corrected chi connectivity index (χ2v) is 4.77. The maximum Gasteiger partial charge on any atom is 0.142 e. The van der Waals surface area contributed by atoms with Crippen LogP contribution in [0.2, 0.25) is 0 Å². The lowest BCUT2D eigenvalue weighted by Crippen LogP contribution is -2.01. The lowest BCUT2D eigenvalue weighted by molar-refractivity contribution is 0.603. The molecule has 0 amide bonds. The number of anilines is 1. The quantitative estimate of drug-likeness (QED) is 0.785. The van der Waals surface area contributed by atoms with E-state index >= 15 is 0 Å².